The number of nitrogens with zero attached hydrogens (tertiary/aromatic N) is 2. The zero-order chi connectivity index (χ0) is 17.2. The van der Waals surface area contributed by atoms with E-state index in [4.69, 9.17) is 18.9 Å². The lowest BCUT2D eigenvalue weighted by Crippen LogP contribution is -2.42. The molecule has 25 heavy (non-hydrogen) atoms. The third kappa shape index (κ3) is 3.58. The summed E-state index contributed by atoms with van der Waals surface area (Å²) in [5, 5.41) is 0. The Morgan fingerprint density at radius 3 is 2.84 bits per heavy atom. The molecule has 136 valence electrons. The van der Waals surface area contributed by atoms with E-state index < -0.39 is 0 Å². The summed E-state index contributed by atoms with van der Waals surface area (Å²) in [6, 6.07) is 5.53. The number of fused-ring (bicyclic) bond motifs is 1. The van der Waals surface area contributed by atoms with Crippen molar-refractivity contribution in [2.45, 2.75) is 25.0 Å². The van der Waals surface area contributed by atoms with Crippen LogP contribution in [0.4, 0.5) is 5.69 Å². The van der Waals surface area contributed by atoms with E-state index >= 15 is 0 Å². The topological polar surface area (TPSA) is 60.5 Å². The van der Waals surface area contributed by atoms with Gasteiger partial charge in [0.05, 0.1) is 19.3 Å². The van der Waals surface area contributed by atoms with Gasteiger partial charge in [-0.15, -0.1) is 0 Å². The van der Waals surface area contributed by atoms with Crippen LogP contribution in [-0.2, 0) is 14.3 Å². The summed E-state index contributed by atoms with van der Waals surface area (Å²) in [6.45, 7) is 4.54. The van der Waals surface area contributed by atoms with Crippen LogP contribution in [0.5, 0.6) is 11.5 Å². The largest absolute Gasteiger partial charge is 0.454 e. The van der Waals surface area contributed by atoms with E-state index in [-0.39, 0.29) is 24.9 Å². The molecular weight excluding hydrogens is 324 g/mol. The third-order valence-corrected chi connectivity index (χ3v) is 5.02. The van der Waals surface area contributed by atoms with E-state index in [0.717, 1.165) is 51.4 Å². The lowest BCUT2D eigenvalue weighted by molar-refractivity contribution is -0.129. The fourth-order valence-corrected chi connectivity index (χ4v) is 3.53. The summed E-state index contributed by atoms with van der Waals surface area (Å²) in [4.78, 5) is 16.8. The predicted molar refractivity (Wildman–Crippen MR) is 91.1 cm³/mol. The number of amides is 1. The second kappa shape index (κ2) is 7.19. The fourth-order valence-electron chi connectivity index (χ4n) is 3.53. The van der Waals surface area contributed by atoms with Gasteiger partial charge < -0.3 is 23.8 Å². The number of likely N-dealkylation sites (N-methyl/N-ethyl adjacent to an activating group) is 1. The molecular formula is C18H24N2O5. The van der Waals surface area contributed by atoms with Crippen LogP contribution in [0.2, 0.25) is 0 Å². The maximum absolute atomic E-state index is 12.8. The first-order valence-electron chi connectivity index (χ1n) is 8.83. The maximum Gasteiger partial charge on any atom is 0.255 e. The molecule has 0 N–H and O–H groups in total. The second-order valence-corrected chi connectivity index (χ2v) is 6.67. The Balaban J connectivity index is 1.34. The van der Waals surface area contributed by atoms with Gasteiger partial charge >= 0.3 is 0 Å². The highest BCUT2D eigenvalue weighted by atomic mass is 16.7. The smallest absolute Gasteiger partial charge is 0.255 e. The molecule has 4 rings (SSSR count). The van der Waals surface area contributed by atoms with Crippen molar-refractivity contribution in [3.05, 3.63) is 18.2 Å². The highest BCUT2D eigenvalue weighted by molar-refractivity contribution is 5.96. The summed E-state index contributed by atoms with van der Waals surface area (Å²) < 4.78 is 22.1. The zero-order valence-electron chi connectivity index (χ0n) is 14.5. The van der Waals surface area contributed by atoms with E-state index in [9.17, 15) is 4.79 Å². The molecule has 1 aromatic rings. The molecule has 0 radical (unpaired) electrons. The minimum absolute atomic E-state index is 0.0108. The number of rotatable bonds is 4. The number of hydrogen-bond acceptors (Lipinski definition) is 6. The minimum atomic E-state index is -0.374. The van der Waals surface area contributed by atoms with Crippen LogP contribution in [0.15, 0.2) is 18.2 Å². The van der Waals surface area contributed by atoms with Crippen molar-refractivity contribution in [3.63, 3.8) is 0 Å². The van der Waals surface area contributed by atoms with Crippen molar-refractivity contribution in [2.75, 3.05) is 51.6 Å². The van der Waals surface area contributed by atoms with Gasteiger partial charge in [0.25, 0.3) is 5.91 Å². The number of hydrogen-bond donors (Lipinski definition) is 0. The average Bonchev–Trinajstić information content (AvgIpc) is 3.30. The van der Waals surface area contributed by atoms with E-state index in [0.29, 0.717) is 11.5 Å². The van der Waals surface area contributed by atoms with Crippen LogP contribution in [0.25, 0.3) is 0 Å². The summed E-state index contributed by atoms with van der Waals surface area (Å²) in [5.41, 5.74) is 0.787. The fraction of sp³-hybridized carbons (Fsp3) is 0.611. The SMILES string of the molecule is CN(C(=O)[C@@H]1CC[C@H](CN2CCOCC2)O1)c1ccc2c(c1)OCO2. The quantitative estimate of drug-likeness (QED) is 0.816. The summed E-state index contributed by atoms with van der Waals surface area (Å²) in [7, 11) is 1.78. The van der Waals surface area contributed by atoms with E-state index in [2.05, 4.69) is 4.90 Å². The molecule has 2 fully saturated rings. The van der Waals surface area contributed by atoms with Gasteiger partial charge in [-0.2, -0.15) is 0 Å². The number of carbonyl (C=O) groups excluding carboxylic acids is 1. The summed E-state index contributed by atoms with van der Waals surface area (Å²) in [6.07, 6.45) is 1.43. The molecule has 0 spiro atoms. The third-order valence-electron chi connectivity index (χ3n) is 5.02. The van der Waals surface area contributed by atoms with Crippen molar-refractivity contribution in [1.29, 1.82) is 0 Å². The zero-order valence-corrected chi connectivity index (χ0v) is 14.5. The highest BCUT2D eigenvalue weighted by Crippen LogP contribution is 2.35. The first-order valence-corrected chi connectivity index (χ1v) is 8.83. The number of benzene rings is 1. The minimum Gasteiger partial charge on any atom is -0.454 e. The lowest BCUT2D eigenvalue weighted by Gasteiger charge is -2.29. The van der Waals surface area contributed by atoms with E-state index in [1.807, 2.05) is 18.2 Å². The van der Waals surface area contributed by atoms with Gasteiger partial charge in [-0.1, -0.05) is 0 Å². The average molecular weight is 348 g/mol. The molecule has 1 amide bonds. The molecule has 7 heteroatoms. The Kier molecular flexibility index (Phi) is 4.78. The predicted octanol–water partition coefficient (Wildman–Crippen LogP) is 1.26. The normalized spacial score (nSPS) is 26.0. The molecule has 7 nitrogen and oxygen atoms in total. The van der Waals surface area contributed by atoms with Crippen LogP contribution in [0.1, 0.15) is 12.8 Å². The van der Waals surface area contributed by atoms with Crippen molar-refractivity contribution in [1.82, 2.24) is 4.90 Å². The van der Waals surface area contributed by atoms with Gasteiger partial charge in [-0.25, -0.2) is 0 Å². The Bertz CT molecular complexity index is 632. The maximum atomic E-state index is 12.8. The first kappa shape index (κ1) is 16.6. The molecule has 3 aliphatic heterocycles. The molecule has 0 bridgehead atoms. The standard InChI is InChI=1S/C18H24N2O5/c1-19(13-2-4-15-17(10-13)24-12-23-15)18(21)16-5-3-14(25-16)11-20-6-8-22-9-7-20/h2,4,10,14,16H,3,5-9,11-12H2,1H3/t14-,16+/m1/s1. The van der Waals surface area contributed by atoms with Crippen LogP contribution in [-0.4, -0.2) is 69.7 Å². The van der Waals surface area contributed by atoms with E-state index in [1.165, 1.54) is 0 Å². The van der Waals surface area contributed by atoms with Crippen LogP contribution in [0, 0.1) is 0 Å². The molecule has 1 aromatic carbocycles. The van der Waals surface area contributed by atoms with Gasteiger partial charge in [0, 0.05) is 38.4 Å². The Morgan fingerprint density at radius 1 is 1.20 bits per heavy atom. The summed E-state index contributed by atoms with van der Waals surface area (Å²) in [5.74, 6) is 1.38. The van der Waals surface area contributed by atoms with Crippen LogP contribution in [0.3, 0.4) is 0 Å². The highest BCUT2D eigenvalue weighted by Gasteiger charge is 2.34. The Morgan fingerprint density at radius 2 is 2.00 bits per heavy atom. The molecule has 0 aliphatic carbocycles. The molecule has 2 saturated heterocycles. The van der Waals surface area contributed by atoms with Gasteiger partial charge in [0.2, 0.25) is 6.79 Å². The number of morpholine rings is 1. The molecule has 0 unspecified atom stereocenters. The van der Waals surface area contributed by atoms with Crippen LogP contribution >= 0.6 is 0 Å². The van der Waals surface area contributed by atoms with Crippen molar-refractivity contribution >= 4 is 11.6 Å². The molecule has 2 atom stereocenters. The second-order valence-electron chi connectivity index (χ2n) is 6.67. The molecule has 0 saturated carbocycles. The molecule has 0 aromatic heterocycles. The first-order chi connectivity index (χ1) is 12.2. The van der Waals surface area contributed by atoms with Crippen molar-refractivity contribution < 1.29 is 23.7 Å². The molecule has 3 heterocycles. The number of anilines is 1. The number of ether oxygens (including phenoxy) is 4. The van der Waals surface area contributed by atoms with E-state index in [1.54, 1.807) is 11.9 Å². The van der Waals surface area contributed by atoms with Gasteiger partial charge in [-0.05, 0) is 25.0 Å². The van der Waals surface area contributed by atoms with Crippen LogP contribution < -0.4 is 14.4 Å². The van der Waals surface area contributed by atoms with Gasteiger partial charge in [0.1, 0.15) is 6.10 Å². The Labute approximate surface area is 147 Å². The van der Waals surface area contributed by atoms with Gasteiger partial charge in [0.15, 0.2) is 11.5 Å². The summed E-state index contributed by atoms with van der Waals surface area (Å²) >= 11 is 0. The lowest BCUT2D eigenvalue weighted by atomic mass is 10.1. The monoisotopic (exact) mass is 348 g/mol. The molecule has 3 aliphatic rings. The van der Waals surface area contributed by atoms with Crippen molar-refractivity contribution in [2.24, 2.45) is 0 Å². The number of carbonyl (C=O) groups is 1. The van der Waals surface area contributed by atoms with Crippen molar-refractivity contribution in [3.8, 4) is 11.5 Å². The Hall–Kier alpha value is -1.83. The van der Waals surface area contributed by atoms with Gasteiger partial charge in [-0.3, -0.25) is 9.69 Å².